The first kappa shape index (κ1) is 21.5. The summed E-state index contributed by atoms with van der Waals surface area (Å²) in [6, 6.07) is 12.1. The van der Waals surface area contributed by atoms with Crippen LogP contribution in [0.2, 0.25) is 0 Å². The fourth-order valence-corrected chi connectivity index (χ4v) is 4.44. The first-order valence-corrected chi connectivity index (χ1v) is 10.4. The lowest BCUT2D eigenvalue weighted by Crippen LogP contribution is -2.42. The van der Waals surface area contributed by atoms with Gasteiger partial charge in [0.25, 0.3) is 5.91 Å². The lowest BCUT2D eigenvalue weighted by atomic mass is 9.98. The van der Waals surface area contributed by atoms with Gasteiger partial charge in [-0.15, -0.1) is 11.3 Å². The van der Waals surface area contributed by atoms with Crippen LogP contribution in [-0.4, -0.2) is 29.3 Å². The molecule has 0 aliphatic carbocycles. The van der Waals surface area contributed by atoms with Crippen molar-refractivity contribution in [3.05, 3.63) is 81.2 Å². The third kappa shape index (κ3) is 4.83. The Morgan fingerprint density at radius 3 is 2.23 bits per heavy atom. The van der Waals surface area contributed by atoms with Gasteiger partial charge >= 0.3 is 5.97 Å². The quantitative estimate of drug-likeness (QED) is 0.547. The number of amides is 1. The lowest BCUT2D eigenvalue weighted by Gasteiger charge is -2.17. The minimum absolute atomic E-state index is 0.176. The molecule has 1 atom stereocenters. The van der Waals surface area contributed by atoms with Crippen LogP contribution in [0, 0.1) is 20.8 Å². The molecule has 0 radical (unpaired) electrons. The molecule has 1 unspecified atom stereocenters. The number of hydrogen-bond donors (Lipinski definition) is 2. The number of thiophene rings is 1. The third-order valence-corrected chi connectivity index (χ3v) is 5.94. The number of rotatable bonds is 7. The highest BCUT2D eigenvalue weighted by Crippen LogP contribution is 2.27. The van der Waals surface area contributed by atoms with Crippen LogP contribution in [0.15, 0.2) is 47.8 Å². The van der Waals surface area contributed by atoms with Crippen LogP contribution < -0.4 is 5.32 Å². The van der Waals surface area contributed by atoms with Crippen LogP contribution in [0.25, 0.3) is 10.4 Å². The summed E-state index contributed by atoms with van der Waals surface area (Å²) in [7, 11) is 0. The fourth-order valence-electron chi connectivity index (χ4n) is 3.57. The SMILES string of the molecule is Cc1cc(C)c(C(=O)NC(Cc2ccc(-c3cc(C=O)cs3)cc2)C(=O)O)c(C)c1. The molecular formula is C24H23NO4S. The van der Waals surface area contributed by atoms with Crippen molar-refractivity contribution in [1.82, 2.24) is 5.32 Å². The molecule has 1 aromatic heterocycles. The second kappa shape index (κ2) is 9.05. The number of carbonyl (C=O) groups excluding carboxylic acids is 2. The summed E-state index contributed by atoms with van der Waals surface area (Å²) >= 11 is 1.48. The van der Waals surface area contributed by atoms with Gasteiger partial charge < -0.3 is 10.4 Å². The summed E-state index contributed by atoms with van der Waals surface area (Å²) in [5.41, 5.74) is 5.62. The Bertz CT molecular complexity index is 1080. The maximum absolute atomic E-state index is 12.8. The molecule has 1 amide bonds. The second-order valence-corrected chi connectivity index (χ2v) is 8.31. The normalized spacial score (nSPS) is 11.7. The summed E-state index contributed by atoms with van der Waals surface area (Å²) in [4.78, 5) is 36.4. The Balaban J connectivity index is 1.75. The number of aliphatic carboxylic acids is 1. The van der Waals surface area contributed by atoms with Gasteiger partial charge in [-0.3, -0.25) is 9.59 Å². The molecule has 2 aromatic carbocycles. The smallest absolute Gasteiger partial charge is 0.326 e. The van der Waals surface area contributed by atoms with E-state index in [1.807, 2.05) is 63.2 Å². The number of aldehydes is 1. The van der Waals surface area contributed by atoms with Crippen molar-refractivity contribution in [2.75, 3.05) is 0 Å². The first-order valence-electron chi connectivity index (χ1n) is 9.53. The van der Waals surface area contributed by atoms with Crippen molar-refractivity contribution in [1.29, 1.82) is 0 Å². The Morgan fingerprint density at radius 2 is 1.70 bits per heavy atom. The molecule has 6 heteroatoms. The molecule has 2 N–H and O–H groups in total. The predicted molar refractivity (Wildman–Crippen MR) is 118 cm³/mol. The van der Waals surface area contributed by atoms with Crippen molar-refractivity contribution < 1.29 is 19.5 Å². The Kier molecular flexibility index (Phi) is 6.47. The van der Waals surface area contributed by atoms with Crippen molar-refractivity contribution >= 4 is 29.5 Å². The summed E-state index contributed by atoms with van der Waals surface area (Å²) in [6.45, 7) is 5.66. The predicted octanol–water partition coefficient (Wildman–Crippen LogP) is 4.58. The van der Waals surface area contributed by atoms with E-state index in [9.17, 15) is 19.5 Å². The average molecular weight is 422 g/mol. The van der Waals surface area contributed by atoms with Gasteiger partial charge in [0, 0.05) is 27.8 Å². The van der Waals surface area contributed by atoms with E-state index in [0.29, 0.717) is 11.1 Å². The molecule has 30 heavy (non-hydrogen) atoms. The number of aryl methyl sites for hydroxylation is 3. The zero-order valence-corrected chi connectivity index (χ0v) is 17.9. The zero-order valence-electron chi connectivity index (χ0n) is 17.1. The summed E-state index contributed by atoms with van der Waals surface area (Å²) in [5.74, 6) is -1.46. The van der Waals surface area contributed by atoms with Crippen molar-refractivity contribution in [2.24, 2.45) is 0 Å². The van der Waals surface area contributed by atoms with Crippen LogP contribution in [0.1, 0.15) is 43.0 Å². The van der Waals surface area contributed by atoms with Crippen molar-refractivity contribution in [2.45, 2.75) is 33.2 Å². The van der Waals surface area contributed by atoms with E-state index in [4.69, 9.17) is 0 Å². The zero-order chi connectivity index (χ0) is 21.8. The summed E-state index contributed by atoms with van der Waals surface area (Å²) in [5, 5.41) is 14.1. The number of carbonyl (C=O) groups is 3. The minimum atomic E-state index is -1.08. The van der Waals surface area contributed by atoms with E-state index in [0.717, 1.165) is 39.0 Å². The van der Waals surface area contributed by atoms with Gasteiger partial charge in [-0.05, 0) is 49.1 Å². The Morgan fingerprint density at radius 1 is 1.07 bits per heavy atom. The molecule has 0 aliphatic heterocycles. The van der Waals surface area contributed by atoms with Crippen LogP contribution >= 0.6 is 11.3 Å². The summed E-state index contributed by atoms with van der Waals surface area (Å²) in [6.07, 6.45) is 0.987. The van der Waals surface area contributed by atoms with Gasteiger partial charge in [0.05, 0.1) is 0 Å². The van der Waals surface area contributed by atoms with Crippen LogP contribution in [0.5, 0.6) is 0 Å². The third-order valence-electron chi connectivity index (χ3n) is 4.94. The fraction of sp³-hybridized carbons (Fsp3) is 0.208. The molecule has 0 saturated heterocycles. The standard InChI is InChI=1S/C24H23NO4S/c1-14-8-15(2)22(16(3)9-14)23(27)25-20(24(28)29)10-17-4-6-19(7-5-17)21-11-18(12-26)13-30-21/h4-9,11-13,20H,10H2,1-3H3,(H,25,27)(H,28,29). The van der Waals surface area contributed by atoms with Gasteiger partial charge in [0.1, 0.15) is 6.04 Å². The van der Waals surface area contributed by atoms with Crippen molar-refractivity contribution in [3.8, 4) is 10.4 Å². The number of hydrogen-bond acceptors (Lipinski definition) is 4. The summed E-state index contributed by atoms with van der Waals surface area (Å²) < 4.78 is 0. The van der Waals surface area contributed by atoms with Crippen LogP contribution in [-0.2, 0) is 11.2 Å². The number of nitrogens with one attached hydrogen (secondary N) is 1. The van der Waals surface area contributed by atoms with E-state index in [1.54, 1.807) is 5.38 Å². The molecule has 5 nitrogen and oxygen atoms in total. The number of carboxylic acid groups (broad SMARTS) is 1. The van der Waals surface area contributed by atoms with Gasteiger partial charge in [-0.1, -0.05) is 42.0 Å². The number of carboxylic acids is 1. The van der Waals surface area contributed by atoms with Crippen LogP contribution in [0.4, 0.5) is 0 Å². The highest BCUT2D eigenvalue weighted by atomic mass is 32.1. The minimum Gasteiger partial charge on any atom is -0.480 e. The van der Waals surface area contributed by atoms with Gasteiger partial charge in [-0.2, -0.15) is 0 Å². The highest BCUT2D eigenvalue weighted by Gasteiger charge is 2.23. The molecular weight excluding hydrogens is 398 g/mol. The maximum Gasteiger partial charge on any atom is 0.326 e. The first-order chi connectivity index (χ1) is 14.3. The Hall–Kier alpha value is -3.25. The Labute approximate surface area is 179 Å². The maximum atomic E-state index is 12.8. The molecule has 1 heterocycles. The van der Waals surface area contributed by atoms with E-state index in [1.165, 1.54) is 11.3 Å². The topological polar surface area (TPSA) is 83.5 Å². The molecule has 0 bridgehead atoms. The number of benzene rings is 2. The van der Waals surface area contributed by atoms with Crippen LogP contribution in [0.3, 0.4) is 0 Å². The molecule has 3 rings (SSSR count). The van der Waals surface area contributed by atoms with E-state index < -0.39 is 12.0 Å². The van der Waals surface area contributed by atoms with E-state index in [2.05, 4.69) is 5.32 Å². The average Bonchev–Trinajstić information content (AvgIpc) is 3.16. The lowest BCUT2D eigenvalue weighted by molar-refractivity contribution is -0.139. The molecule has 0 spiro atoms. The molecule has 0 aliphatic rings. The molecule has 3 aromatic rings. The largest absolute Gasteiger partial charge is 0.480 e. The van der Waals surface area contributed by atoms with Gasteiger partial charge in [-0.25, -0.2) is 4.79 Å². The van der Waals surface area contributed by atoms with E-state index in [-0.39, 0.29) is 12.3 Å². The second-order valence-electron chi connectivity index (χ2n) is 7.40. The van der Waals surface area contributed by atoms with Gasteiger partial charge in [0.2, 0.25) is 0 Å². The monoisotopic (exact) mass is 421 g/mol. The van der Waals surface area contributed by atoms with Crippen molar-refractivity contribution in [3.63, 3.8) is 0 Å². The highest BCUT2D eigenvalue weighted by molar-refractivity contribution is 7.13. The van der Waals surface area contributed by atoms with E-state index >= 15 is 0 Å². The molecule has 154 valence electrons. The molecule has 0 saturated carbocycles. The molecule has 0 fully saturated rings. The van der Waals surface area contributed by atoms with Gasteiger partial charge in [0.15, 0.2) is 6.29 Å².